The molecule has 0 radical (unpaired) electrons. The number of nitrogens with zero attached hydrogens (tertiary/aromatic N) is 3. The van der Waals surface area contributed by atoms with Crippen LogP contribution in [0.15, 0.2) is 36.7 Å². The van der Waals surface area contributed by atoms with Gasteiger partial charge in [0.2, 0.25) is 0 Å². The molecule has 0 aliphatic heterocycles. The average molecular weight is 386 g/mol. The first-order chi connectivity index (χ1) is 13.1. The third kappa shape index (κ3) is 3.04. The molecule has 0 saturated heterocycles. The first-order valence-electron chi connectivity index (χ1n) is 9.23. The van der Waals surface area contributed by atoms with E-state index < -0.39 is 11.9 Å². The average Bonchev–Trinajstić information content (AvgIpc) is 3.23. The summed E-state index contributed by atoms with van der Waals surface area (Å²) in [5.74, 6) is 1.18. The van der Waals surface area contributed by atoms with Crippen LogP contribution >= 0.6 is 0 Å². The number of nitrogens with one attached hydrogen (secondary N) is 1. The normalized spacial score (nSPS) is 12.8. The molecule has 3 aromatic heterocycles. The molecular formula is C21H21F3N4. The van der Waals surface area contributed by atoms with Crippen LogP contribution in [0.25, 0.3) is 27.8 Å². The van der Waals surface area contributed by atoms with Crippen LogP contribution in [0.4, 0.5) is 13.2 Å². The zero-order valence-corrected chi connectivity index (χ0v) is 16.1. The summed E-state index contributed by atoms with van der Waals surface area (Å²) >= 11 is 0. The molecule has 146 valence electrons. The van der Waals surface area contributed by atoms with Crippen LogP contribution < -0.4 is 0 Å². The van der Waals surface area contributed by atoms with Gasteiger partial charge in [-0.3, -0.25) is 4.40 Å². The van der Waals surface area contributed by atoms with Crippen LogP contribution in [0, 0.1) is 0 Å². The lowest BCUT2D eigenvalue weighted by molar-refractivity contribution is -0.140. The van der Waals surface area contributed by atoms with Gasteiger partial charge in [0.1, 0.15) is 17.2 Å². The molecule has 0 spiro atoms. The minimum absolute atomic E-state index is 0.0734. The molecule has 4 nitrogen and oxygen atoms in total. The van der Waals surface area contributed by atoms with Gasteiger partial charge < -0.3 is 4.98 Å². The van der Waals surface area contributed by atoms with Crippen molar-refractivity contribution in [2.24, 2.45) is 0 Å². The first-order valence-corrected chi connectivity index (χ1v) is 9.23. The number of benzene rings is 1. The maximum Gasteiger partial charge on any atom is 0.431 e. The van der Waals surface area contributed by atoms with Gasteiger partial charge in [-0.1, -0.05) is 27.7 Å². The first kappa shape index (κ1) is 18.5. The molecule has 0 saturated carbocycles. The van der Waals surface area contributed by atoms with Gasteiger partial charge in [-0.05, 0) is 35.7 Å². The minimum Gasteiger partial charge on any atom is -0.351 e. The fourth-order valence-corrected chi connectivity index (χ4v) is 3.55. The molecule has 1 aromatic carbocycles. The number of H-pyrrole nitrogens is 1. The number of alkyl halides is 3. The Bertz CT molecular complexity index is 1170. The Kier molecular flexibility index (Phi) is 4.21. The van der Waals surface area contributed by atoms with Crippen molar-refractivity contribution in [3.63, 3.8) is 0 Å². The van der Waals surface area contributed by atoms with Gasteiger partial charge in [-0.2, -0.15) is 13.2 Å². The lowest BCUT2D eigenvalue weighted by Gasteiger charge is -2.09. The maximum atomic E-state index is 13.2. The van der Waals surface area contributed by atoms with E-state index in [-0.39, 0.29) is 11.8 Å². The van der Waals surface area contributed by atoms with Crippen molar-refractivity contribution in [1.82, 2.24) is 19.4 Å². The Labute approximate surface area is 160 Å². The maximum absolute atomic E-state index is 13.2. The summed E-state index contributed by atoms with van der Waals surface area (Å²) in [7, 11) is 0. The van der Waals surface area contributed by atoms with E-state index in [2.05, 4.69) is 28.8 Å². The predicted molar refractivity (Wildman–Crippen MR) is 103 cm³/mol. The standard InChI is InChI=1S/C21H21F3N4/c1-11(2)14-7-13(8-16-15(14)9-18(26-16)21(22,23)24)17-10-28-19(27-17)5-6-25-20(28)12(3)4/h5-12,26H,1-4H3. The van der Waals surface area contributed by atoms with Crippen LogP contribution in [-0.2, 0) is 6.18 Å². The summed E-state index contributed by atoms with van der Waals surface area (Å²) in [5.41, 5.74) is 2.85. The molecule has 0 aliphatic rings. The SMILES string of the molecule is CC(C)c1cc(-c2cn3c(C(C)C)nccc3n2)cc2[nH]c(C(F)(F)F)cc12. The molecule has 7 heteroatoms. The van der Waals surface area contributed by atoms with Gasteiger partial charge in [0.25, 0.3) is 0 Å². The second kappa shape index (κ2) is 6.36. The highest BCUT2D eigenvalue weighted by atomic mass is 19.4. The van der Waals surface area contributed by atoms with Crippen molar-refractivity contribution in [3.8, 4) is 11.3 Å². The van der Waals surface area contributed by atoms with Gasteiger partial charge in [0, 0.05) is 34.8 Å². The molecule has 4 aromatic rings. The number of hydrogen-bond donors (Lipinski definition) is 1. The minimum atomic E-state index is -4.41. The summed E-state index contributed by atoms with van der Waals surface area (Å²) < 4.78 is 41.5. The number of rotatable bonds is 3. The smallest absolute Gasteiger partial charge is 0.351 e. The Morgan fingerprint density at radius 2 is 1.79 bits per heavy atom. The number of imidazole rings is 1. The van der Waals surface area contributed by atoms with Gasteiger partial charge in [0.15, 0.2) is 0 Å². The molecule has 0 amide bonds. The lowest BCUT2D eigenvalue weighted by Crippen LogP contribution is -2.04. The predicted octanol–water partition coefficient (Wildman–Crippen LogP) is 6.14. The van der Waals surface area contributed by atoms with E-state index in [1.807, 2.05) is 36.6 Å². The van der Waals surface area contributed by atoms with Crippen molar-refractivity contribution in [2.75, 3.05) is 0 Å². The van der Waals surface area contributed by atoms with E-state index in [1.54, 1.807) is 12.3 Å². The van der Waals surface area contributed by atoms with Gasteiger partial charge in [-0.25, -0.2) is 9.97 Å². The Morgan fingerprint density at radius 1 is 1.04 bits per heavy atom. The molecule has 0 unspecified atom stereocenters. The zero-order chi connectivity index (χ0) is 20.2. The molecule has 1 N–H and O–H groups in total. The van der Waals surface area contributed by atoms with Crippen molar-refractivity contribution in [2.45, 2.75) is 45.7 Å². The Balaban J connectivity index is 1.94. The topological polar surface area (TPSA) is 46.0 Å². The van der Waals surface area contributed by atoms with Crippen molar-refractivity contribution in [3.05, 3.63) is 53.7 Å². The number of hydrogen-bond acceptors (Lipinski definition) is 2. The molecule has 0 aliphatic carbocycles. The van der Waals surface area contributed by atoms with E-state index in [0.29, 0.717) is 16.6 Å². The molecule has 0 fully saturated rings. The van der Waals surface area contributed by atoms with Crippen molar-refractivity contribution >= 4 is 16.6 Å². The van der Waals surface area contributed by atoms with Gasteiger partial charge in [-0.15, -0.1) is 0 Å². The van der Waals surface area contributed by atoms with Crippen LogP contribution in [0.3, 0.4) is 0 Å². The molecule has 3 heterocycles. The van der Waals surface area contributed by atoms with Crippen molar-refractivity contribution < 1.29 is 13.2 Å². The molecule has 28 heavy (non-hydrogen) atoms. The molecule has 4 rings (SSSR count). The lowest BCUT2D eigenvalue weighted by atomic mass is 9.96. The van der Waals surface area contributed by atoms with E-state index in [0.717, 1.165) is 22.6 Å². The van der Waals surface area contributed by atoms with Gasteiger partial charge >= 0.3 is 6.18 Å². The third-order valence-electron chi connectivity index (χ3n) is 4.92. The largest absolute Gasteiger partial charge is 0.431 e. The molecule has 0 atom stereocenters. The quantitative estimate of drug-likeness (QED) is 0.459. The van der Waals surface area contributed by atoms with E-state index >= 15 is 0 Å². The highest BCUT2D eigenvalue weighted by Crippen LogP contribution is 2.36. The molecule has 0 bridgehead atoms. The number of halogens is 3. The third-order valence-corrected chi connectivity index (χ3v) is 4.92. The summed E-state index contributed by atoms with van der Waals surface area (Å²) in [5, 5.41) is 0.597. The van der Waals surface area contributed by atoms with Crippen LogP contribution in [-0.4, -0.2) is 19.4 Å². The van der Waals surface area contributed by atoms with Crippen molar-refractivity contribution in [1.29, 1.82) is 0 Å². The highest BCUT2D eigenvalue weighted by molar-refractivity contribution is 5.89. The number of aromatic nitrogens is 4. The van der Waals surface area contributed by atoms with Crippen LogP contribution in [0.5, 0.6) is 0 Å². The second-order valence-corrected chi connectivity index (χ2v) is 7.67. The number of fused-ring (bicyclic) bond motifs is 2. The van der Waals surface area contributed by atoms with E-state index in [1.165, 1.54) is 6.07 Å². The van der Waals surface area contributed by atoms with Gasteiger partial charge in [0.05, 0.1) is 5.69 Å². The summed E-state index contributed by atoms with van der Waals surface area (Å²) in [6.45, 7) is 8.07. The second-order valence-electron chi connectivity index (χ2n) is 7.67. The molecular weight excluding hydrogens is 365 g/mol. The summed E-state index contributed by atoms with van der Waals surface area (Å²) in [4.78, 5) is 11.6. The Hall–Kier alpha value is -2.83. The van der Waals surface area contributed by atoms with E-state index in [4.69, 9.17) is 0 Å². The summed E-state index contributed by atoms with van der Waals surface area (Å²) in [6, 6.07) is 6.69. The van der Waals surface area contributed by atoms with Crippen LogP contribution in [0.2, 0.25) is 0 Å². The zero-order valence-electron chi connectivity index (χ0n) is 16.1. The number of aromatic amines is 1. The highest BCUT2D eigenvalue weighted by Gasteiger charge is 2.33. The van der Waals surface area contributed by atoms with E-state index in [9.17, 15) is 13.2 Å². The fraction of sp³-hybridized carbons (Fsp3) is 0.333. The monoisotopic (exact) mass is 386 g/mol. The summed E-state index contributed by atoms with van der Waals surface area (Å²) in [6.07, 6.45) is -0.782. The fourth-order valence-electron chi connectivity index (χ4n) is 3.55. The van der Waals surface area contributed by atoms with Crippen LogP contribution in [0.1, 0.15) is 56.6 Å². The Morgan fingerprint density at radius 3 is 2.43 bits per heavy atom.